The Balaban J connectivity index is 1.57. The van der Waals surface area contributed by atoms with E-state index in [0.29, 0.717) is 39.4 Å². The number of aromatic amines is 2. The molecule has 6 aromatic rings. The van der Waals surface area contributed by atoms with Crippen molar-refractivity contribution >= 4 is 40.0 Å². The van der Waals surface area contributed by atoms with Crippen molar-refractivity contribution in [1.82, 2.24) is 19.5 Å². The number of anilines is 1. The molecule has 166 valence electrons. The first kappa shape index (κ1) is 20.2. The van der Waals surface area contributed by atoms with Gasteiger partial charge in [0.2, 0.25) is 5.43 Å². The first-order valence-corrected chi connectivity index (χ1v) is 11.2. The van der Waals surface area contributed by atoms with Crippen LogP contribution in [0.15, 0.2) is 94.6 Å². The van der Waals surface area contributed by atoms with E-state index < -0.39 is 0 Å². The summed E-state index contributed by atoms with van der Waals surface area (Å²) in [5.41, 5.74) is 5.05. The van der Waals surface area contributed by atoms with E-state index >= 15 is 0 Å². The van der Waals surface area contributed by atoms with E-state index in [2.05, 4.69) is 20.3 Å². The lowest BCUT2D eigenvalue weighted by Gasteiger charge is -2.12. The summed E-state index contributed by atoms with van der Waals surface area (Å²) in [7, 11) is 0. The van der Waals surface area contributed by atoms with E-state index in [4.69, 9.17) is 16.6 Å². The molecule has 0 amide bonds. The van der Waals surface area contributed by atoms with Crippen LogP contribution in [0.5, 0.6) is 0 Å². The second-order valence-electron chi connectivity index (χ2n) is 7.91. The second-order valence-corrected chi connectivity index (χ2v) is 8.29. The summed E-state index contributed by atoms with van der Waals surface area (Å²) in [6.07, 6.45) is 3.15. The number of hydrogen-bond donors (Lipinski definition) is 3. The SMILES string of the molecule is O=c1c(-c2c(NCc3ccccc3)[nH]c(=S)n2-c2ccc3nc[nH]c3c2)coc2ccccc12. The van der Waals surface area contributed by atoms with Crippen molar-refractivity contribution in [2.75, 3.05) is 5.32 Å². The number of aromatic nitrogens is 4. The van der Waals surface area contributed by atoms with Gasteiger partial charge in [-0.25, -0.2) is 4.98 Å². The molecular weight excluding hydrogens is 446 g/mol. The molecule has 8 heteroatoms. The Labute approximate surface area is 198 Å². The third-order valence-electron chi connectivity index (χ3n) is 5.80. The zero-order valence-electron chi connectivity index (χ0n) is 17.9. The first-order chi connectivity index (χ1) is 16.7. The van der Waals surface area contributed by atoms with Crippen molar-refractivity contribution in [1.29, 1.82) is 0 Å². The van der Waals surface area contributed by atoms with E-state index in [0.717, 1.165) is 22.3 Å². The molecule has 0 fully saturated rings. The largest absolute Gasteiger partial charge is 0.463 e. The standard InChI is InChI=1S/C26H19N5O2S/c32-24-18-8-4-5-9-22(18)33-14-19(24)23-25(27-13-16-6-2-1-3-7-16)30-26(34)31(23)17-10-11-20-21(12-17)29-15-28-20/h1-12,14-15,27H,13H2,(H,28,29)(H,30,34). The van der Waals surface area contributed by atoms with Crippen molar-refractivity contribution in [2.45, 2.75) is 6.54 Å². The van der Waals surface area contributed by atoms with Crippen molar-refractivity contribution in [3.63, 3.8) is 0 Å². The molecule has 0 aliphatic carbocycles. The molecule has 3 heterocycles. The van der Waals surface area contributed by atoms with Crippen LogP contribution in [0.25, 0.3) is 38.9 Å². The van der Waals surface area contributed by atoms with Gasteiger partial charge >= 0.3 is 0 Å². The number of nitrogens with one attached hydrogen (secondary N) is 3. The molecule has 34 heavy (non-hydrogen) atoms. The minimum atomic E-state index is -0.130. The Morgan fingerprint density at radius 3 is 2.74 bits per heavy atom. The van der Waals surface area contributed by atoms with E-state index in [9.17, 15) is 4.79 Å². The zero-order chi connectivity index (χ0) is 23.1. The topological polar surface area (TPSA) is 91.6 Å². The summed E-state index contributed by atoms with van der Waals surface area (Å²) in [4.78, 5) is 24.2. The Kier molecular flexibility index (Phi) is 4.85. The average molecular weight is 466 g/mol. The maximum atomic E-state index is 13.6. The number of fused-ring (bicyclic) bond motifs is 2. The van der Waals surface area contributed by atoms with Crippen LogP contribution in [0.3, 0.4) is 0 Å². The van der Waals surface area contributed by atoms with Crippen LogP contribution in [0.1, 0.15) is 5.56 Å². The van der Waals surface area contributed by atoms with Crippen LogP contribution >= 0.6 is 12.2 Å². The maximum absolute atomic E-state index is 13.6. The molecule has 0 radical (unpaired) electrons. The van der Waals surface area contributed by atoms with Gasteiger partial charge in [-0.15, -0.1) is 0 Å². The van der Waals surface area contributed by atoms with Crippen LogP contribution in [0.4, 0.5) is 5.82 Å². The molecule has 3 aromatic heterocycles. The van der Waals surface area contributed by atoms with Crippen molar-refractivity contribution in [3.8, 4) is 16.9 Å². The molecule has 7 nitrogen and oxygen atoms in total. The van der Waals surface area contributed by atoms with Gasteiger partial charge in [-0.1, -0.05) is 42.5 Å². The highest BCUT2D eigenvalue weighted by Crippen LogP contribution is 2.31. The fourth-order valence-electron chi connectivity index (χ4n) is 4.16. The van der Waals surface area contributed by atoms with E-state index in [1.54, 1.807) is 18.5 Å². The third kappa shape index (κ3) is 3.41. The Hall–Kier alpha value is -4.43. The van der Waals surface area contributed by atoms with Crippen LogP contribution in [-0.2, 0) is 6.54 Å². The maximum Gasteiger partial charge on any atom is 0.202 e. The number of H-pyrrole nitrogens is 2. The number of hydrogen-bond acceptors (Lipinski definition) is 5. The fraction of sp³-hybridized carbons (Fsp3) is 0.0385. The highest BCUT2D eigenvalue weighted by Gasteiger charge is 2.21. The van der Waals surface area contributed by atoms with Gasteiger partial charge in [0, 0.05) is 6.54 Å². The molecule has 0 saturated heterocycles. The predicted molar refractivity (Wildman–Crippen MR) is 136 cm³/mol. The van der Waals surface area contributed by atoms with Crippen LogP contribution in [0.2, 0.25) is 0 Å². The van der Waals surface area contributed by atoms with E-state index in [1.807, 2.05) is 65.2 Å². The van der Waals surface area contributed by atoms with Gasteiger partial charge in [0.1, 0.15) is 23.4 Å². The molecular formula is C26H19N5O2S. The normalized spacial score (nSPS) is 11.3. The molecule has 0 bridgehead atoms. The lowest BCUT2D eigenvalue weighted by atomic mass is 10.1. The predicted octanol–water partition coefficient (Wildman–Crippen LogP) is 5.80. The smallest absolute Gasteiger partial charge is 0.202 e. The van der Waals surface area contributed by atoms with Gasteiger partial charge in [0.25, 0.3) is 0 Å². The summed E-state index contributed by atoms with van der Waals surface area (Å²) < 4.78 is 8.16. The second kappa shape index (κ2) is 8.17. The number of para-hydroxylation sites is 1. The minimum absolute atomic E-state index is 0.130. The van der Waals surface area contributed by atoms with Crippen molar-refractivity contribution in [2.24, 2.45) is 0 Å². The summed E-state index contributed by atoms with van der Waals surface area (Å²) in [6, 6.07) is 23.1. The molecule has 0 aliphatic heterocycles. The van der Waals surface area contributed by atoms with Gasteiger partial charge in [-0.05, 0) is 48.1 Å². The summed E-state index contributed by atoms with van der Waals surface area (Å²) in [5.74, 6) is 0.640. The molecule has 0 unspecified atom stereocenters. The quantitative estimate of drug-likeness (QED) is 0.280. The van der Waals surface area contributed by atoms with E-state index in [1.165, 1.54) is 6.26 Å². The van der Waals surface area contributed by atoms with Gasteiger partial charge in [-0.3, -0.25) is 9.36 Å². The van der Waals surface area contributed by atoms with Crippen LogP contribution < -0.4 is 10.7 Å². The number of rotatable bonds is 5. The van der Waals surface area contributed by atoms with Gasteiger partial charge in [-0.2, -0.15) is 0 Å². The minimum Gasteiger partial charge on any atom is -0.463 e. The first-order valence-electron chi connectivity index (χ1n) is 10.8. The lowest BCUT2D eigenvalue weighted by molar-refractivity contribution is 0.604. The Morgan fingerprint density at radius 2 is 1.85 bits per heavy atom. The highest BCUT2D eigenvalue weighted by atomic mass is 32.1. The average Bonchev–Trinajstić information content (AvgIpc) is 3.47. The summed E-state index contributed by atoms with van der Waals surface area (Å²) in [5, 5.41) is 3.93. The molecule has 0 atom stereocenters. The van der Waals surface area contributed by atoms with Crippen LogP contribution in [0, 0.1) is 4.77 Å². The Bertz CT molecular complexity index is 1760. The molecule has 0 aliphatic rings. The lowest BCUT2D eigenvalue weighted by Crippen LogP contribution is -2.10. The zero-order valence-corrected chi connectivity index (χ0v) is 18.7. The molecule has 3 aromatic carbocycles. The molecule has 0 spiro atoms. The van der Waals surface area contributed by atoms with Crippen LogP contribution in [-0.4, -0.2) is 19.5 Å². The van der Waals surface area contributed by atoms with Crippen molar-refractivity contribution < 1.29 is 4.42 Å². The number of nitrogens with zero attached hydrogens (tertiary/aromatic N) is 2. The van der Waals surface area contributed by atoms with E-state index in [-0.39, 0.29) is 5.43 Å². The monoisotopic (exact) mass is 465 g/mol. The van der Waals surface area contributed by atoms with Gasteiger partial charge < -0.3 is 19.7 Å². The van der Waals surface area contributed by atoms with Crippen molar-refractivity contribution in [3.05, 3.63) is 106 Å². The summed E-state index contributed by atoms with van der Waals surface area (Å²) >= 11 is 5.72. The fourth-order valence-corrected chi connectivity index (χ4v) is 4.45. The van der Waals surface area contributed by atoms with Gasteiger partial charge in [0.05, 0.1) is 34.0 Å². The number of imidazole rings is 2. The highest BCUT2D eigenvalue weighted by molar-refractivity contribution is 7.71. The number of benzene rings is 3. The molecule has 0 saturated carbocycles. The Morgan fingerprint density at radius 1 is 1.03 bits per heavy atom. The van der Waals surface area contributed by atoms with Gasteiger partial charge in [0.15, 0.2) is 4.77 Å². The molecule has 6 rings (SSSR count). The molecule has 3 N–H and O–H groups in total. The third-order valence-corrected chi connectivity index (χ3v) is 6.09. The summed E-state index contributed by atoms with van der Waals surface area (Å²) in [6.45, 7) is 0.557.